The van der Waals surface area contributed by atoms with Crippen LogP contribution in [0.3, 0.4) is 0 Å². The Kier molecular flexibility index (Phi) is 6.91. The van der Waals surface area contributed by atoms with Gasteiger partial charge in [0.15, 0.2) is 0 Å². The number of carbonyl (C=O) groups excluding carboxylic acids is 2. The molecule has 2 aromatic rings. The number of aromatic carboxylic acids is 1. The number of aryl methyl sites for hydroxylation is 3. The molecule has 0 spiro atoms. The number of nitrogens with one attached hydrogen (secondary N) is 1. The minimum Gasteiger partial charge on any atom is -0.545 e. The maximum Gasteiger partial charge on any atom is 1.00 e. The summed E-state index contributed by atoms with van der Waals surface area (Å²) in [5.41, 5.74) is 2.45. The maximum atomic E-state index is 12.8. The standard InChI is InChI=1S/C19H21NO4S.Na/c1-10-16(17(19(22)23)11(2)25-10)18(21)20-15-6-4-5-12-7-8-13(24-3)9-14(12)15;/h7-9,15H,4-6H2,1-3H3,(H,20,21)(H,22,23);/q;+1/p-1/t15-;/m0./s1. The Labute approximate surface area is 179 Å². The molecule has 3 rings (SSSR count). The second-order valence-corrected chi connectivity index (χ2v) is 7.66. The molecule has 1 N–H and O–H groups in total. The van der Waals surface area contributed by atoms with E-state index >= 15 is 0 Å². The molecule has 0 saturated heterocycles. The fourth-order valence-corrected chi connectivity index (χ4v) is 4.53. The molecule has 0 unspecified atom stereocenters. The van der Waals surface area contributed by atoms with Crippen molar-refractivity contribution in [2.24, 2.45) is 0 Å². The van der Waals surface area contributed by atoms with E-state index in [0.717, 1.165) is 30.6 Å². The van der Waals surface area contributed by atoms with Crippen LogP contribution in [0.5, 0.6) is 5.75 Å². The number of methoxy groups -OCH3 is 1. The summed E-state index contributed by atoms with van der Waals surface area (Å²) in [6.07, 6.45) is 2.75. The van der Waals surface area contributed by atoms with Gasteiger partial charge in [0.25, 0.3) is 5.91 Å². The third-order valence-electron chi connectivity index (χ3n) is 4.66. The second kappa shape index (κ2) is 8.57. The quantitative estimate of drug-likeness (QED) is 0.728. The summed E-state index contributed by atoms with van der Waals surface area (Å²) >= 11 is 1.30. The van der Waals surface area contributed by atoms with Gasteiger partial charge in [0.1, 0.15) is 5.75 Å². The molecule has 0 radical (unpaired) electrons. The molecule has 1 aliphatic carbocycles. The minimum absolute atomic E-state index is 0. The molecule has 0 fully saturated rings. The summed E-state index contributed by atoms with van der Waals surface area (Å²) in [6, 6.07) is 5.74. The normalized spacial score (nSPS) is 15.6. The van der Waals surface area contributed by atoms with Gasteiger partial charge in [-0.1, -0.05) is 6.07 Å². The van der Waals surface area contributed by atoms with Crippen LogP contribution in [0.2, 0.25) is 0 Å². The fraction of sp³-hybridized carbons (Fsp3) is 0.368. The van der Waals surface area contributed by atoms with Crippen molar-refractivity contribution in [1.82, 2.24) is 5.32 Å². The molecule has 1 atom stereocenters. The number of ether oxygens (including phenoxy) is 1. The Morgan fingerprint density at radius 3 is 2.58 bits per heavy atom. The van der Waals surface area contributed by atoms with Crippen LogP contribution in [0, 0.1) is 13.8 Å². The van der Waals surface area contributed by atoms with Crippen LogP contribution in [-0.4, -0.2) is 19.0 Å². The summed E-state index contributed by atoms with van der Waals surface area (Å²) in [4.78, 5) is 25.5. The second-order valence-electron chi connectivity index (χ2n) is 6.23. The van der Waals surface area contributed by atoms with E-state index in [4.69, 9.17) is 4.74 Å². The van der Waals surface area contributed by atoms with Gasteiger partial charge < -0.3 is 20.0 Å². The van der Waals surface area contributed by atoms with Crippen molar-refractivity contribution in [2.75, 3.05) is 7.11 Å². The van der Waals surface area contributed by atoms with Gasteiger partial charge in [-0.3, -0.25) is 4.79 Å². The number of fused-ring (bicyclic) bond motifs is 1. The van der Waals surface area contributed by atoms with Gasteiger partial charge in [0.2, 0.25) is 0 Å². The molecule has 1 amide bonds. The van der Waals surface area contributed by atoms with Crippen molar-refractivity contribution < 1.29 is 49.0 Å². The number of hydrogen-bond donors (Lipinski definition) is 1. The molecule has 0 bridgehead atoms. The number of carboxylic acid groups (broad SMARTS) is 1. The first-order valence-corrected chi connectivity index (χ1v) is 9.03. The van der Waals surface area contributed by atoms with Gasteiger partial charge in [-0.05, 0) is 56.4 Å². The predicted octanol–water partition coefficient (Wildman–Crippen LogP) is -0.452. The molecular weight excluding hydrogens is 361 g/mol. The van der Waals surface area contributed by atoms with Crippen molar-refractivity contribution >= 4 is 23.2 Å². The Hall–Kier alpha value is -1.34. The van der Waals surface area contributed by atoms with Crippen LogP contribution < -0.4 is 44.7 Å². The number of rotatable bonds is 4. The van der Waals surface area contributed by atoms with Crippen LogP contribution in [-0.2, 0) is 6.42 Å². The number of benzene rings is 1. The zero-order valence-electron chi connectivity index (χ0n) is 15.5. The molecule has 1 aromatic carbocycles. The summed E-state index contributed by atoms with van der Waals surface area (Å²) in [6.45, 7) is 3.46. The predicted molar refractivity (Wildman–Crippen MR) is 94.3 cm³/mol. The van der Waals surface area contributed by atoms with Gasteiger partial charge in [-0.25, -0.2) is 0 Å². The van der Waals surface area contributed by atoms with Gasteiger partial charge >= 0.3 is 29.6 Å². The summed E-state index contributed by atoms with van der Waals surface area (Å²) < 4.78 is 5.29. The number of hydrogen-bond acceptors (Lipinski definition) is 5. The van der Waals surface area contributed by atoms with E-state index in [1.54, 1.807) is 21.0 Å². The molecule has 0 aliphatic heterocycles. The average Bonchev–Trinajstić information content (AvgIpc) is 2.89. The topological polar surface area (TPSA) is 78.5 Å². The SMILES string of the molecule is COc1ccc2c(c1)[C@@H](NC(=O)c1c(C)sc(C)c1C(=O)[O-])CCC2.[Na+]. The van der Waals surface area contributed by atoms with Gasteiger partial charge in [0.05, 0.1) is 24.7 Å². The first-order chi connectivity index (χ1) is 11.9. The van der Waals surface area contributed by atoms with Crippen LogP contribution in [0.1, 0.15) is 60.5 Å². The Morgan fingerprint density at radius 1 is 1.23 bits per heavy atom. The largest absolute Gasteiger partial charge is 1.00 e. The van der Waals surface area contributed by atoms with E-state index in [2.05, 4.69) is 5.32 Å². The summed E-state index contributed by atoms with van der Waals surface area (Å²) in [5, 5.41) is 14.4. The minimum atomic E-state index is -1.31. The summed E-state index contributed by atoms with van der Waals surface area (Å²) in [5.74, 6) is -0.919. The fourth-order valence-electron chi connectivity index (χ4n) is 3.49. The first kappa shape index (κ1) is 21.0. The molecule has 26 heavy (non-hydrogen) atoms. The van der Waals surface area contributed by atoms with Crippen LogP contribution in [0.15, 0.2) is 18.2 Å². The van der Waals surface area contributed by atoms with E-state index in [1.165, 1.54) is 16.9 Å². The van der Waals surface area contributed by atoms with Crippen LogP contribution >= 0.6 is 11.3 Å². The van der Waals surface area contributed by atoms with E-state index < -0.39 is 5.97 Å². The third-order valence-corrected chi connectivity index (χ3v) is 5.68. The molecule has 5 nitrogen and oxygen atoms in total. The molecule has 0 saturated carbocycles. The number of carboxylic acids is 1. The van der Waals surface area contributed by atoms with Crippen molar-refractivity contribution in [3.05, 3.63) is 50.2 Å². The van der Waals surface area contributed by atoms with E-state index in [9.17, 15) is 14.7 Å². The van der Waals surface area contributed by atoms with Crippen molar-refractivity contribution in [3.8, 4) is 5.75 Å². The van der Waals surface area contributed by atoms with Crippen molar-refractivity contribution in [1.29, 1.82) is 0 Å². The molecule has 1 aliphatic rings. The maximum absolute atomic E-state index is 12.8. The molecule has 132 valence electrons. The Balaban J connectivity index is 0.00000243. The van der Waals surface area contributed by atoms with Gasteiger partial charge in [0, 0.05) is 15.3 Å². The molecule has 7 heteroatoms. The smallest absolute Gasteiger partial charge is 0.545 e. The number of carbonyl (C=O) groups is 2. The van der Waals surface area contributed by atoms with E-state index in [1.807, 2.05) is 18.2 Å². The van der Waals surface area contributed by atoms with E-state index in [0.29, 0.717) is 9.75 Å². The molecular formula is C19H20NNaO4S. The van der Waals surface area contributed by atoms with Crippen molar-refractivity contribution in [2.45, 2.75) is 39.2 Å². The van der Waals surface area contributed by atoms with Gasteiger partial charge in [-0.15, -0.1) is 11.3 Å². The zero-order chi connectivity index (χ0) is 18.1. The number of amides is 1. The number of thiophene rings is 1. The monoisotopic (exact) mass is 381 g/mol. The van der Waals surface area contributed by atoms with Crippen molar-refractivity contribution in [3.63, 3.8) is 0 Å². The van der Waals surface area contributed by atoms with E-state index in [-0.39, 0.29) is 52.6 Å². The third kappa shape index (κ3) is 3.98. The molecule has 1 heterocycles. The first-order valence-electron chi connectivity index (χ1n) is 8.21. The average molecular weight is 381 g/mol. The molecule has 1 aromatic heterocycles. The summed E-state index contributed by atoms with van der Waals surface area (Å²) in [7, 11) is 1.61. The Bertz CT molecular complexity index is 846. The van der Waals surface area contributed by atoms with Crippen LogP contribution in [0.25, 0.3) is 0 Å². The van der Waals surface area contributed by atoms with Crippen LogP contribution in [0.4, 0.5) is 0 Å². The Morgan fingerprint density at radius 2 is 1.92 bits per heavy atom. The zero-order valence-corrected chi connectivity index (χ0v) is 18.3. The van der Waals surface area contributed by atoms with Gasteiger partial charge in [-0.2, -0.15) is 0 Å².